The average Bonchev–Trinajstić information content (AvgIpc) is 3.03. The van der Waals surface area contributed by atoms with Crippen molar-refractivity contribution in [3.05, 3.63) is 65.5 Å². The highest BCUT2D eigenvalue weighted by molar-refractivity contribution is 5.22. The van der Waals surface area contributed by atoms with Crippen LogP contribution in [0, 0.1) is 0 Å². The second kappa shape index (κ2) is 7.34. The van der Waals surface area contributed by atoms with Gasteiger partial charge in [0.05, 0.1) is 5.69 Å². The van der Waals surface area contributed by atoms with Gasteiger partial charge in [-0.2, -0.15) is 0 Å². The first-order chi connectivity index (χ1) is 10.4. The molecule has 0 aliphatic carbocycles. The molecular weight excluding hydrogens is 258 g/mol. The Labute approximate surface area is 127 Å². The predicted molar refractivity (Wildman–Crippen MR) is 85.7 cm³/mol. The van der Waals surface area contributed by atoms with Gasteiger partial charge in [-0.1, -0.05) is 30.3 Å². The number of aromatic nitrogens is 1. The number of nitrogens with zero attached hydrogens (tertiary/aromatic N) is 2. The third-order valence-electron chi connectivity index (χ3n) is 3.99. The van der Waals surface area contributed by atoms with Gasteiger partial charge in [-0.05, 0) is 49.2 Å². The Morgan fingerprint density at radius 3 is 2.38 bits per heavy atom. The smallest absolute Gasteiger partial charge is 0.0541 e. The van der Waals surface area contributed by atoms with Crippen molar-refractivity contribution in [1.82, 2.24) is 15.2 Å². The third-order valence-corrected chi connectivity index (χ3v) is 3.99. The molecule has 3 rings (SSSR count). The van der Waals surface area contributed by atoms with Crippen LogP contribution in [0.25, 0.3) is 0 Å². The molecule has 110 valence electrons. The molecule has 1 N–H and O–H groups in total. The van der Waals surface area contributed by atoms with Crippen molar-refractivity contribution in [2.75, 3.05) is 13.1 Å². The maximum atomic E-state index is 4.31. The zero-order valence-electron chi connectivity index (χ0n) is 12.5. The minimum atomic E-state index is 0.816. The Morgan fingerprint density at radius 2 is 1.67 bits per heavy atom. The van der Waals surface area contributed by atoms with Crippen molar-refractivity contribution < 1.29 is 0 Å². The summed E-state index contributed by atoms with van der Waals surface area (Å²) in [5, 5.41) is 3.44. The molecule has 1 aromatic heterocycles. The minimum Gasteiger partial charge on any atom is -0.307 e. The summed E-state index contributed by atoms with van der Waals surface area (Å²) < 4.78 is 0. The zero-order chi connectivity index (χ0) is 14.3. The van der Waals surface area contributed by atoms with E-state index in [1.54, 1.807) is 0 Å². The largest absolute Gasteiger partial charge is 0.307 e. The second-order valence-corrected chi connectivity index (χ2v) is 5.72. The fourth-order valence-electron chi connectivity index (χ4n) is 2.80. The summed E-state index contributed by atoms with van der Waals surface area (Å²) in [5.74, 6) is 0. The number of pyridine rings is 1. The van der Waals surface area contributed by atoms with Crippen LogP contribution in [0.1, 0.15) is 29.7 Å². The summed E-state index contributed by atoms with van der Waals surface area (Å²) >= 11 is 0. The van der Waals surface area contributed by atoms with E-state index in [1.807, 2.05) is 24.4 Å². The van der Waals surface area contributed by atoms with Crippen molar-refractivity contribution in [3.63, 3.8) is 0 Å². The van der Waals surface area contributed by atoms with Crippen molar-refractivity contribution in [1.29, 1.82) is 0 Å². The Balaban J connectivity index is 1.45. The van der Waals surface area contributed by atoms with Crippen molar-refractivity contribution in [3.8, 4) is 0 Å². The summed E-state index contributed by atoms with van der Waals surface area (Å²) in [5.41, 5.74) is 3.84. The summed E-state index contributed by atoms with van der Waals surface area (Å²) in [6.45, 7) is 5.32. The molecule has 0 spiro atoms. The van der Waals surface area contributed by atoms with E-state index >= 15 is 0 Å². The minimum absolute atomic E-state index is 0.816. The second-order valence-electron chi connectivity index (χ2n) is 5.72. The van der Waals surface area contributed by atoms with Crippen LogP contribution in [0.15, 0.2) is 48.7 Å². The van der Waals surface area contributed by atoms with Gasteiger partial charge in [0, 0.05) is 25.8 Å². The number of hydrogen-bond acceptors (Lipinski definition) is 3. The van der Waals surface area contributed by atoms with Gasteiger partial charge < -0.3 is 5.32 Å². The highest BCUT2D eigenvalue weighted by Gasteiger charge is 2.11. The molecule has 2 aromatic rings. The van der Waals surface area contributed by atoms with E-state index in [0.29, 0.717) is 0 Å². The molecule has 0 saturated carbocycles. The number of hydrogen-bond donors (Lipinski definition) is 1. The van der Waals surface area contributed by atoms with Gasteiger partial charge in [-0.3, -0.25) is 9.88 Å². The van der Waals surface area contributed by atoms with Crippen LogP contribution in [0.4, 0.5) is 0 Å². The maximum absolute atomic E-state index is 4.31. The molecule has 2 heterocycles. The average molecular weight is 281 g/mol. The molecule has 0 atom stereocenters. The van der Waals surface area contributed by atoms with Gasteiger partial charge in [-0.25, -0.2) is 0 Å². The zero-order valence-corrected chi connectivity index (χ0v) is 12.5. The first-order valence-corrected chi connectivity index (χ1v) is 7.81. The van der Waals surface area contributed by atoms with Crippen LogP contribution in [0.5, 0.6) is 0 Å². The molecule has 0 amide bonds. The lowest BCUT2D eigenvalue weighted by Gasteiger charge is -2.14. The molecule has 1 fully saturated rings. The summed E-state index contributed by atoms with van der Waals surface area (Å²) in [6, 6.07) is 15.0. The van der Waals surface area contributed by atoms with E-state index in [4.69, 9.17) is 0 Å². The number of nitrogens with one attached hydrogen (secondary N) is 1. The quantitative estimate of drug-likeness (QED) is 0.882. The van der Waals surface area contributed by atoms with Crippen molar-refractivity contribution in [2.24, 2.45) is 0 Å². The molecule has 1 aromatic carbocycles. The first kappa shape index (κ1) is 14.2. The summed E-state index contributed by atoms with van der Waals surface area (Å²) in [6.07, 6.45) is 4.55. The predicted octanol–water partition coefficient (Wildman–Crippen LogP) is 2.97. The molecule has 1 aliphatic rings. The lowest BCUT2D eigenvalue weighted by atomic mass is 10.1. The fourth-order valence-corrected chi connectivity index (χ4v) is 2.80. The first-order valence-electron chi connectivity index (χ1n) is 7.81. The van der Waals surface area contributed by atoms with E-state index in [9.17, 15) is 0 Å². The Morgan fingerprint density at radius 1 is 0.905 bits per heavy atom. The molecule has 1 saturated heterocycles. The van der Waals surface area contributed by atoms with Crippen LogP contribution in [0.3, 0.4) is 0 Å². The monoisotopic (exact) mass is 281 g/mol. The van der Waals surface area contributed by atoms with Gasteiger partial charge >= 0.3 is 0 Å². The number of rotatable bonds is 6. The van der Waals surface area contributed by atoms with Crippen LogP contribution in [0.2, 0.25) is 0 Å². The summed E-state index contributed by atoms with van der Waals surface area (Å²) in [4.78, 5) is 6.85. The molecule has 3 heteroatoms. The maximum Gasteiger partial charge on any atom is 0.0541 e. The molecule has 0 radical (unpaired) electrons. The SMILES string of the molecule is c1ccc(CNCc2ccc(CN3CCCC3)cc2)nc1. The van der Waals surface area contributed by atoms with E-state index in [2.05, 4.69) is 39.5 Å². The molecule has 21 heavy (non-hydrogen) atoms. The van der Waals surface area contributed by atoms with Crippen LogP contribution >= 0.6 is 0 Å². The fraction of sp³-hybridized carbons (Fsp3) is 0.389. The Kier molecular flexibility index (Phi) is 4.98. The molecular formula is C18H23N3. The van der Waals surface area contributed by atoms with Crippen LogP contribution in [-0.2, 0) is 19.6 Å². The van der Waals surface area contributed by atoms with Gasteiger partial charge in [0.1, 0.15) is 0 Å². The highest BCUT2D eigenvalue weighted by Crippen LogP contribution is 2.13. The molecule has 3 nitrogen and oxygen atoms in total. The van der Waals surface area contributed by atoms with Crippen LogP contribution in [-0.4, -0.2) is 23.0 Å². The molecule has 0 bridgehead atoms. The van der Waals surface area contributed by atoms with Gasteiger partial charge in [-0.15, -0.1) is 0 Å². The summed E-state index contributed by atoms with van der Waals surface area (Å²) in [7, 11) is 0. The lowest BCUT2D eigenvalue weighted by molar-refractivity contribution is 0.331. The van der Waals surface area contributed by atoms with E-state index in [0.717, 1.165) is 25.3 Å². The van der Waals surface area contributed by atoms with E-state index < -0.39 is 0 Å². The lowest BCUT2D eigenvalue weighted by Crippen LogP contribution is -2.18. The highest BCUT2D eigenvalue weighted by atomic mass is 15.1. The van der Waals surface area contributed by atoms with Gasteiger partial charge in [0.2, 0.25) is 0 Å². The normalized spacial score (nSPS) is 15.4. The number of likely N-dealkylation sites (tertiary alicyclic amines) is 1. The van der Waals surface area contributed by atoms with Gasteiger partial charge in [0.15, 0.2) is 0 Å². The Bertz CT molecular complexity index is 530. The number of benzene rings is 1. The van der Waals surface area contributed by atoms with Crippen molar-refractivity contribution >= 4 is 0 Å². The Hall–Kier alpha value is -1.71. The van der Waals surface area contributed by atoms with Crippen molar-refractivity contribution in [2.45, 2.75) is 32.5 Å². The van der Waals surface area contributed by atoms with Crippen LogP contribution < -0.4 is 5.32 Å². The molecule has 0 unspecified atom stereocenters. The molecule has 1 aliphatic heterocycles. The standard InChI is InChI=1S/C18H23N3/c1-2-10-20-18(5-1)14-19-13-16-6-8-17(9-7-16)15-21-11-3-4-12-21/h1-2,5-10,19H,3-4,11-15H2. The van der Waals surface area contributed by atoms with Gasteiger partial charge in [0.25, 0.3) is 0 Å². The van der Waals surface area contributed by atoms with E-state index in [-0.39, 0.29) is 0 Å². The third kappa shape index (κ3) is 4.38. The van der Waals surface area contributed by atoms with E-state index in [1.165, 1.54) is 37.1 Å². The topological polar surface area (TPSA) is 28.2 Å².